The van der Waals surface area contributed by atoms with Crippen LogP contribution in [0.25, 0.3) is 0 Å². The molecule has 1 heterocycles. The number of likely N-dealkylation sites (tertiary alicyclic amines) is 1. The van der Waals surface area contributed by atoms with Crippen molar-refractivity contribution in [1.82, 2.24) is 10.2 Å². The normalized spacial score (nSPS) is 20.9. The van der Waals surface area contributed by atoms with Crippen LogP contribution in [0.5, 0.6) is 0 Å². The van der Waals surface area contributed by atoms with E-state index in [0.29, 0.717) is 19.0 Å². The van der Waals surface area contributed by atoms with Gasteiger partial charge in [-0.25, -0.2) is 4.79 Å². The van der Waals surface area contributed by atoms with Crippen molar-refractivity contribution in [2.45, 2.75) is 39.2 Å². The molecule has 0 bridgehead atoms. The van der Waals surface area contributed by atoms with E-state index in [2.05, 4.69) is 5.32 Å². The molecule has 0 aromatic rings. The molecule has 1 amide bonds. The first kappa shape index (κ1) is 15.8. The topological polar surface area (TPSA) is 78.9 Å². The summed E-state index contributed by atoms with van der Waals surface area (Å²) in [5.74, 6) is -0.513. The number of hydrogen-bond acceptors (Lipinski definition) is 4. The summed E-state index contributed by atoms with van der Waals surface area (Å²) in [6, 6.07) is 0. The number of nitrogens with zero attached hydrogens (tertiary/aromatic N) is 1. The first-order chi connectivity index (χ1) is 8.76. The van der Waals surface area contributed by atoms with Crippen molar-refractivity contribution in [3.63, 3.8) is 0 Å². The highest BCUT2D eigenvalue weighted by Crippen LogP contribution is 2.15. The second-order valence-electron chi connectivity index (χ2n) is 6.02. The van der Waals surface area contributed by atoms with Gasteiger partial charge in [-0.2, -0.15) is 0 Å². The van der Waals surface area contributed by atoms with Gasteiger partial charge >= 0.3 is 12.1 Å². The molecule has 6 heteroatoms. The van der Waals surface area contributed by atoms with Crippen LogP contribution in [-0.2, 0) is 9.53 Å². The molecule has 0 aromatic carbocycles. The lowest BCUT2D eigenvalue weighted by molar-refractivity contribution is -0.138. The number of amides is 1. The number of aliphatic carboxylic acids is 1. The zero-order valence-corrected chi connectivity index (χ0v) is 11.9. The molecule has 1 aliphatic heterocycles. The number of hydrogen-bond donors (Lipinski definition) is 2. The van der Waals surface area contributed by atoms with Gasteiger partial charge in [0.25, 0.3) is 0 Å². The molecular formula is C13H24N2O4. The summed E-state index contributed by atoms with van der Waals surface area (Å²) in [4.78, 5) is 24.1. The zero-order valence-electron chi connectivity index (χ0n) is 11.9. The number of ether oxygens (including phenoxy) is 1. The van der Waals surface area contributed by atoms with E-state index >= 15 is 0 Å². The van der Waals surface area contributed by atoms with Gasteiger partial charge in [0.1, 0.15) is 5.60 Å². The van der Waals surface area contributed by atoms with Crippen molar-refractivity contribution < 1.29 is 19.4 Å². The summed E-state index contributed by atoms with van der Waals surface area (Å²) < 4.78 is 5.16. The smallest absolute Gasteiger partial charge is 0.407 e. The van der Waals surface area contributed by atoms with Crippen molar-refractivity contribution in [1.29, 1.82) is 0 Å². The number of carbonyl (C=O) groups excluding carboxylic acids is 1. The number of carboxylic acids is 1. The highest BCUT2D eigenvalue weighted by Gasteiger charge is 2.23. The minimum Gasteiger partial charge on any atom is -0.480 e. The summed E-state index contributed by atoms with van der Waals surface area (Å²) in [6.07, 6.45) is 1.56. The van der Waals surface area contributed by atoms with Gasteiger partial charge in [0, 0.05) is 13.1 Å². The third-order valence-electron chi connectivity index (χ3n) is 2.90. The molecule has 0 radical (unpaired) electrons. The Balaban J connectivity index is 2.29. The second kappa shape index (κ2) is 6.75. The SMILES string of the molecule is CC(C)(C)OC(=O)NC[C@H]1CCCN(CC(=O)O)C1. The Bertz CT molecular complexity index is 325. The summed E-state index contributed by atoms with van der Waals surface area (Å²) in [5, 5.41) is 11.5. The third kappa shape index (κ3) is 7.00. The Morgan fingerprint density at radius 3 is 2.68 bits per heavy atom. The molecule has 19 heavy (non-hydrogen) atoms. The van der Waals surface area contributed by atoms with Crippen LogP contribution in [0.4, 0.5) is 4.79 Å². The van der Waals surface area contributed by atoms with Gasteiger partial charge in [-0.3, -0.25) is 9.69 Å². The molecule has 0 unspecified atom stereocenters. The number of alkyl carbamates (subject to hydrolysis) is 1. The minimum absolute atomic E-state index is 0.0724. The Kier molecular flexibility index (Phi) is 5.60. The summed E-state index contributed by atoms with van der Waals surface area (Å²) >= 11 is 0. The van der Waals surface area contributed by atoms with Gasteiger partial charge in [0.15, 0.2) is 0 Å². The van der Waals surface area contributed by atoms with E-state index in [-0.39, 0.29) is 6.54 Å². The van der Waals surface area contributed by atoms with E-state index in [1.54, 1.807) is 0 Å². The molecule has 2 N–H and O–H groups in total. The molecule has 0 spiro atoms. The fraction of sp³-hybridized carbons (Fsp3) is 0.846. The molecule has 0 aromatic heterocycles. The monoisotopic (exact) mass is 272 g/mol. The van der Waals surface area contributed by atoms with Gasteiger partial charge in [-0.05, 0) is 46.1 Å². The van der Waals surface area contributed by atoms with Gasteiger partial charge in [0.2, 0.25) is 0 Å². The number of rotatable bonds is 4. The largest absolute Gasteiger partial charge is 0.480 e. The van der Waals surface area contributed by atoms with Crippen LogP contribution >= 0.6 is 0 Å². The number of carbonyl (C=O) groups is 2. The maximum absolute atomic E-state index is 11.5. The van der Waals surface area contributed by atoms with Crippen LogP contribution in [0.3, 0.4) is 0 Å². The van der Waals surface area contributed by atoms with Crippen LogP contribution in [-0.4, -0.2) is 53.8 Å². The van der Waals surface area contributed by atoms with E-state index in [1.165, 1.54) is 0 Å². The third-order valence-corrected chi connectivity index (χ3v) is 2.90. The van der Waals surface area contributed by atoms with Crippen LogP contribution in [0, 0.1) is 5.92 Å². The lowest BCUT2D eigenvalue weighted by atomic mass is 9.98. The predicted octanol–water partition coefficient (Wildman–Crippen LogP) is 1.31. The lowest BCUT2D eigenvalue weighted by Gasteiger charge is -2.31. The average molecular weight is 272 g/mol. The predicted molar refractivity (Wildman–Crippen MR) is 71.0 cm³/mol. The Morgan fingerprint density at radius 2 is 2.11 bits per heavy atom. The van der Waals surface area contributed by atoms with Crippen molar-refractivity contribution in [2.24, 2.45) is 5.92 Å². The summed E-state index contributed by atoms with van der Waals surface area (Å²) in [7, 11) is 0. The van der Waals surface area contributed by atoms with Crippen LogP contribution in [0.2, 0.25) is 0 Å². The standard InChI is InChI=1S/C13H24N2O4/c1-13(2,3)19-12(18)14-7-10-5-4-6-15(8-10)9-11(16)17/h10H,4-9H2,1-3H3,(H,14,18)(H,16,17)/t10-/m1/s1. The molecule has 0 aliphatic carbocycles. The first-order valence-corrected chi connectivity index (χ1v) is 6.67. The second-order valence-corrected chi connectivity index (χ2v) is 6.02. The summed E-state index contributed by atoms with van der Waals surface area (Å²) in [5.41, 5.74) is -0.494. The molecule has 1 saturated heterocycles. The number of nitrogens with one attached hydrogen (secondary N) is 1. The number of carboxylic acid groups (broad SMARTS) is 1. The molecular weight excluding hydrogens is 248 g/mol. The van der Waals surface area contributed by atoms with Gasteiger partial charge in [-0.15, -0.1) is 0 Å². The van der Waals surface area contributed by atoms with E-state index in [9.17, 15) is 9.59 Å². The maximum Gasteiger partial charge on any atom is 0.407 e. The van der Waals surface area contributed by atoms with E-state index in [1.807, 2.05) is 25.7 Å². The van der Waals surface area contributed by atoms with Crippen LogP contribution < -0.4 is 5.32 Å². The lowest BCUT2D eigenvalue weighted by Crippen LogP contribution is -2.43. The minimum atomic E-state index is -0.805. The quantitative estimate of drug-likeness (QED) is 0.806. The van der Waals surface area contributed by atoms with Crippen molar-refractivity contribution in [3.8, 4) is 0 Å². The molecule has 1 rings (SSSR count). The molecule has 1 fully saturated rings. The number of piperidine rings is 1. The summed E-state index contributed by atoms with van der Waals surface area (Å²) in [6.45, 7) is 7.59. The average Bonchev–Trinajstić information content (AvgIpc) is 2.23. The Morgan fingerprint density at radius 1 is 1.42 bits per heavy atom. The molecule has 0 saturated carbocycles. The highest BCUT2D eigenvalue weighted by molar-refractivity contribution is 5.69. The van der Waals surface area contributed by atoms with E-state index in [0.717, 1.165) is 19.4 Å². The zero-order chi connectivity index (χ0) is 14.5. The van der Waals surface area contributed by atoms with Crippen molar-refractivity contribution >= 4 is 12.1 Å². The van der Waals surface area contributed by atoms with Gasteiger partial charge in [-0.1, -0.05) is 0 Å². The van der Waals surface area contributed by atoms with Crippen LogP contribution in [0.1, 0.15) is 33.6 Å². The Hall–Kier alpha value is -1.30. The Labute approximate surface area is 114 Å². The molecule has 6 nitrogen and oxygen atoms in total. The van der Waals surface area contributed by atoms with Crippen molar-refractivity contribution in [2.75, 3.05) is 26.2 Å². The van der Waals surface area contributed by atoms with E-state index < -0.39 is 17.7 Å². The molecule has 1 atom stereocenters. The molecule has 1 aliphatic rings. The van der Waals surface area contributed by atoms with Crippen LogP contribution in [0.15, 0.2) is 0 Å². The van der Waals surface area contributed by atoms with E-state index in [4.69, 9.17) is 9.84 Å². The van der Waals surface area contributed by atoms with Crippen molar-refractivity contribution in [3.05, 3.63) is 0 Å². The molecule has 110 valence electrons. The maximum atomic E-state index is 11.5. The van der Waals surface area contributed by atoms with Gasteiger partial charge < -0.3 is 15.2 Å². The fourth-order valence-corrected chi connectivity index (χ4v) is 2.19. The first-order valence-electron chi connectivity index (χ1n) is 6.67. The highest BCUT2D eigenvalue weighted by atomic mass is 16.6. The fourth-order valence-electron chi connectivity index (χ4n) is 2.19. The van der Waals surface area contributed by atoms with Gasteiger partial charge in [0.05, 0.1) is 6.54 Å².